The molecule has 0 aliphatic carbocycles. The van der Waals surface area contributed by atoms with Crippen molar-refractivity contribution in [2.24, 2.45) is 0 Å². The van der Waals surface area contributed by atoms with Crippen LogP contribution in [0.25, 0.3) is 0 Å². The lowest BCUT2D eigenvalue weighted by molar-refractivity contribution is 0.280. The number of ether oxygens (including phenoxy) is 2. The molecule has 0 aromatic heterocycles. The largest absolute Gasteiger partial charge is 0.493 e. The van der Waals surface area contributed by atoms with Crippen molar-refractivity contribution < 1.29 is 13.9 Å². The highest BCUT2D eigenvalue weighted by molar-refractivity contribution is 5.55. The van der Waals surface area contributed by atoms with Crippen LogP contribution in [0.4, 0.5) is 10.1 Å². The Morgan fingerprint density at radius 2 is 1.86 bits per heavy atom. The molecule has 0 fully saturated rings. The highest BCUT2D eigenvalue weighted by atomic mass is 19.1. The van der Waals surface area contributed by atoms with Gasteiger partial charge in [-0.15, -0.1) is 0 Å². The maximum Gasteiger partial charge on any atom is 0.162 e. The van der Waals surface area contributed by atoms with E-state index in [2.05, 4.69) is 19.2 Å². The minimum Gasteiger partial charge on any atom is -0.493 e. The number of methoxy groups -OCH3 is 1. The SMILES string of the molecule is COc1cc(NC(C)C)ccc1OCc1ccccc1F. The zero-order chi connectivity index (χ0) is 15.2. The van der Waals surface area contributed by atoms with E-state index in [0.717, 1.165) is 5.69 Å². The van der Waals surface area contributed by atoms with Crippen LogP contribution in [0.1, 0.15) is 19.4 Å². The summed E-state index contributed by atoms with van der Waals surface area (Å²) in [7, 11) is 1.59. The fraction of sp³-hybridized carbons (Fsp3) is 0.294. The summed E-state index contributed by atoms with van der Waals surface area (Å²) in [6, 6.07) is 12.5. The van der Waals surface area contributed by atoms with Crippen LogP contribution >= 0.6 is 0 Å². The molecule has 0 aliphatic heterocycles. The Hall–Kier alpha value is -2.23. The van der Waals surface area contributed by atoms with Crippen molar-refractivity contribution in [1.82, 2.24) is 0 Å². The summed E-state index contributed by atoms with van der Waals surface area (Å²) < 4.78 is 24.6. The van der Waals surface area contributed by atoms with Crippen LogP contribution in [0.3, 0.4) is 0 Å². The first-order valence-electron chi connectivity index (χ1n) is 6.91. The number of benzene rings is 2. The van der Waals surface area contributed by atoms with E-state index in [1.807, 2.05) is 18.2 Å². The summed E-state index contributed by atoms with van der Waals surface area (Å²) in [4.78, 5) is 0. The van der Waals surface area contributed by atoms with Crippen LogP contribution in [0, 0.1) is 5.82 Å². The third-order valence-electron chi connectivity index (χ3n) is 2.96. The second-order valence-electron chi connectivity index (χ2n) is 5.04. The van der Waals surface area contributed by atoms with E-state index in [0.29, 0.717) is 23.1 Å². The quantitative estimate of drug-likeness (QED) is 0.863. The van der Waals surface area contributed by atoms with Gasteiger partial charge in [0, 0.05) is 23.4 Å². The van der Waals surface area contributed by atoms with Gasteiger partial charge in [0.25, 0.3) is 0 Å². The monoisotopic (exact) mass is 289 g/mol. The lowest BCUT2D eigenvalue weighted by Gasteiger charge is -2.15. The lowest BCUT2D eigenvalue weighted by Crippen LogP contribution is -2.09. The van der Waals surface area contributed by atoms with Crippen LogP contribution < -0.4 is 14.8 Å². The molecule has 0 saturated carbocycles. The van der Waals surface area contributed by atoms with Crippen molar-refractivity contribution in [2.75, 3.05) is 12.4 Å². The Bertz CT molecular complexity index is 599. The van der Waals surface area contributed by atoms with Crippen LogP contribution in [0.5, 0.6) is 11.5 Å². The van der Waals surface area contributed by atoms with Crippen molar-refractivity contribution in [1.29, 1.82) is 0 Å². The summed E-state index contributed by atoms with van der Waals surface area (Å²) in [5.74, 6) is 0.946. The number of halogens is 1. The molecule has 2 rings (SSSR count). The van der Waals surface area contributed by atoms with Gasteiger partial charge in [0.15, 0.2) is 11.5 Å². The number of hydrogen-bond donors (Lipinski definition) is 1. The van der Waals surface area contributed by atoms with Gasteiger partial charge < -0.3 is 14.8 Å². The molecule has 0 amide bonds. The Morgan fingerprint density at radius 1 is 1.10 bits per heavy atom. The summed E-state index contributed by atoms with van der Waals surface area (Å²) in [6.07, 6.45) is 0. The molecular formula is C17H20FNO2. The van der Waals surface area contributed by atoms with E-state index in [9.17, 15) is 4.39 Å². The van der Waals surface area contributed by atoms with Crippen molar-refractivity contribution in [3.63, 3.8) is 0 Å². The Balaban J connectivity index is 2.11. The van der Waals surface area contributed by atoms with Gasteiger partial charge in [-0.05, 0) is 32.0 Å². The van der Waals surface area contributed by atoms with E-state index in [4.69, 9.17) is 9.47 Å². The highest BCUT2D eigenvalue weighted by Crippen LogP contribution is 2.31. The van der Waals surface area contributed by atoms with Crippen LogP contribution in [0.15, 0.2) is 42.5 Å². The zero-order valence-electron chi connectivity index (χ0n) is 12.5. The Kier molecular flexibility index (Phi) is 5.04. The van der Waals surface area contributed by atoms with Gasteiger partial charge in [-0.3, -0.25) is 0 Å². The summed E-state index contributed by atoms with van der Waals surface area (Å²) >= 11 is 0. The van der Waals surface area contributed by atoms with E-state index in [1.54, 1.807) is 25.3 Å². The molecule has 2 aromatic carbocycles. The molecule has 0 atom stereocenters. The van der Waals surface area contributed by atoms with Gasteiger partial charge in [0.2, 0.25) is 0 Å². The van der Waals surface area contributed by atoms with Gasteiger partial charge in [0.1, 0.15) is 12.4 Å². The third-order valence-corrected chi connectivity index (χ3v) is 2.96. The molecule has 0 unspecified atom stereocenters. The van der Waals surface area contributed by atoms with Gasteiger partial charge in [-0.25, -0.2) is 4.39 Å². The molecule has 112 valence electrons. The fourth-order valence-electron chi connectivity index (χ4n) is 1.98. The predicted molar refractivity (Wildman–Crippen MR) is 82.5 cm³/mol. The van der Waals surface area contributed by atoms with Gasteiger partial charge >= 0.3 is 0 Å². The highest BCUT2D eigenvalue weighted by Gasteiger charge is 2.08. The van der Waals surface area contributed by atoms with E-state index >= 15 is 0 Å². The van der Waals surface area contributed by atoms with Crippen molar-refractivity contribution in [2.45, 2.75) is 26.5 Å². The normalized spacial score (nSPS) is 10.5. The second-order valence-corrected chi connectivity index (χ2v) is 5.04. The smallest absolute Gasteiger partial charge is 0.162 e. The van der Waals surface area contributed by atoms with Crippen molar-refractivity contribution >= 4 is 5.69 Å². The molecule has 3 nitrogen and oxygen atoms in total. The number of nitrogens with one attached hydrogen (secondary N) is 1. The van der Waals surface area contributed by atoms with Crippen LogP contribution in [-0.4, -0.2) is 13.2 Å². The minimum absolute atomic E-state index is 0.167. The van der Waals surface area contributed by atoms with Crippen LogP contribution in [0.2, 0.25) is 0 Å². The van der Waals surface area contributed by atoms with Crippen molar-refractivity contribution in [3.8, 4) is 11.5 Å². The van der Waals surface area contributed by atoms with Gasteiger partial charge in [-0.2, -0.15) is 0 Å². The molecule has 1 N–H and O–H groups in total. The maximum atomic E-state index is 13.6. The zero-order valence-corrected chi connectivity index (χ0v) is 12.5. The molecule has 0 bridgehead atoms. The molecule has 0 aliphatic rings. The molecule has 0 saturated heterocycles. The first kappa shape index (κ1) is 15.2. The van der Waals surface area contributed by atoms with Gasteiger partial charge in [0.05, 0.1) is 7.11 Å². The fourth-order valence-corrected chi connectivity index (χ4v) is 1.98. The standard InChI is InChI=1S/C17H20FNO2/c1-12(2)19-14-8-9-16(17(10-14)20-3)21-11-13-6-4-5-7-15(13)18/h4-10,12,19H,11H2,1-3H3. The minimum atomic E-state index is -0.269. The molecule has 21 heavy (non-hydrogen) atoms. The maximum absolute atomic E-state index is 13.6. The average Bonchev–Trinajstić information content (AvgIpc) is 2.46. The summed E-state index contributed by atoms with van der Waals surface area (Å²) in [6.45, 7) is 4.30. The topological polar surface area (TPSA) is 30.5 Å². The summed E-state index contributed by atoms with van der Waals surface area (Å²) in [5, 5.41) is 3.29. The molecular weight excluding hydrogens is 269 g/mol. The summed E-state index contributed by atoms with van der Waals surface area (Å²) in [5.41, 5.74) is 1.48. The van der Waals surface area contributed by atoms with E-state index < -0.39 is 0 Å². The molecule has 0 radical (unpaired) electrons. The van der Waals surface area contributed by atoms with Gasteiger partial charge in [-0.1, -0.05) is 18.2 Å². The molecule has 0 heterocycles. The average molecular weight is 289 g/mol. The van der Waals surface area contributed by atoms with E-state index in [1.165, 1.54) is 6.07 Å². The first-order chi connectivity index (χ1) is 10.1. The number of hydrogen-bond acceptors (Lipinski definition) is 3. The predicted octanol–water partition coefficient (Wildman–Crippen LogP) is 4.23. The molecule has 4 heteroatoms. The Labute approximate surface area is 124 Å². The van der Waals surface area contributed by atoms with Crippen molar-refractivity contribution in [3.05, 3.63) is 53.8 Å². The molecule has 2 aromatic rings. The molecule has 0 spiro atoms. The van der Waals surface area contributed by atoms with E-state index in [-0.39, 0.29) is 12.4 Å². The number of rotatable bonds is 6. The third kappa shape index (κ3) is 4.12. The van der Waals surface area contributed by atoms with Crippen LogP contribution in [-0.2, 0) is 6.61 Å². The second kappa shape index (κ2) is 6.97. The first-order valence-corrected chi connectivity index (χ1v) is 6.91. The Morgan fingerprint density at radius 3 is 2.52 bits per heavy atom. The number of anilines is 1. The lowest BCUT2D eigenvalue weighted by atomic mass is 10.2.